The molecule has 0 aliphatic carbocycles. The summed E-state index contributed by atoms with van der Waals surface area (Å²) in [6.45, 7) is 0.875. The lowest BCUT2D eigenvalue weighted by atomic mass is 10.1. The van der Waals surface area contributed by atoms with Crippen LogP contribution in [0.4, 0.5) is 4.39 Å². The first-order valence-electron chi connectivity index (χ1n) is 9.36. The fourth-order valence-electron chi connectivity index (χ4n) is 3.04. The molecule has 2 aromatic rings. The van der Waals surface area contributed by atoms with Crippen LogP contribution >= 0.6 is 0 Å². The number of carbonyl (C=O) groups is 1. The number of ether oxygens (including phenoxy) is 1. The number of nitrogens with two attached hydrogens (primary N) is 1. The first kappa shape index (κ1) is 23.3. The lowest BCUT2D eigenvalue weighted by Crippen LogP contribution is -2.41. The highest BCUT2D eigenvalue weighted by molar-refractivity contribution is 7.89. The second kappa shape index (κ2) is 9.40. The Morgan fingerprint density at radius 3 is 2.32 bits per heavy atom. The summed E-state index contributed by atoms with van der Waals surface area (Å²) in [6.07, 6.45) is 0.400. The maximum Gasteiger partial charge on any atom is 0.251 e. The van der Waals surface area contributed by atoms with Gasteiger partial charge in [0.05, 0.1) is 18.1 Å². The van der Waals surface area contributed by atoms with Crippen LogP contribution in [0.25, 0.3) is 0 Å². The van der Waals surface area contributed by atoms with E-state index in [2.05, 4.69) is 5.32 Å². The molecule has 0 spiro atoms. The predicted molar refractivity (Wildman–Crippen MR) is 110 cm³/mol. The molecule has 1 amide bonds. The third-order valence-electron chi connectivity index (χ3n) is 4.73. The molecule has 1 saturated heterocycles. The van der Waals surface area contributed by atoms with Gasteiger partial charge in [-0.25, -0.2) is 26.4 Å². The Morgan fingerprint density at radius 1 is 1.06 bits per heavy atom. The smallest absolute Gasteiger partial charge is 0.251 e. The highest BCUT2D eigenvalue weighted by atomic mass is 32.2. The first-order valence-corrected chi connectivity index (χ1v) is 12.3. The third-order valence-corrected chi connectivity index (χ3v) is 7.58. The number of nitrogens with zero attached hydrogens (tertiary/aromatic N) is 1. The fraction of sp³-hybridized carbons (Fsp3) is 0.316. The minimum atomic E-state index is -4.09. The van der Waals surface area contributed by atoms with Crippen LogP contribution in [0.2, 0.25) is 0 Å². The summed E-state index contributed by atoms with van der Waals surface area (Å²) in [7, 11) is -7.87. The Kier molecular flexibility index (Phi) is 7.06. The molecule has 0 unspecified atom stereocenters. The number of nitrogens with one attached hydrogen (secondary N) is 1. The highest BCUT2D eigenvalue weighted by Gasteiger charge is 2.29. The lowest BCUT2D eigenvalue weighted by Gasteiger charge is -2.26. The number of primary sulfonamides is 1. The minimum absolute atomic E-state index is 0.0119. The number of sulfonamides is 2. The molecule has 3 rings (SSSR count). The van der Waals surface area contributed by atoms with Gasteiger partial charge in [0.2, 0.25) is 20.0 Å². The van der Waals surface area contributed by atoms with Crippen LogP contribution in [0.1, 0.15) is 15.9 Å². The maximum absolute atomic E-state index is 14.3. The zero-order valence-corrected chi connectivity index (χ0v) is 18.1. The molecule has 168 valence electrons. The van der Waals surface area contributed by atoms with Gasteiger partial charge in [-0.2, -0.15) is 4.31 Å². The van der Waals surface area contributed by atoms with E-state index in [1.54, 1.807) is 12.1 Å². The van der Waals surface area contributed by atoms with Gasteiger partial charge in [-0.3, -0.25) is 4.79 Å². The summed E-state index contributed by atoms with van der Waals surface area (Å²) in [5.41, 5.74) is 0.778. The number of amides is 1. The van der Waals surface area contributed by atoms with Crippen LogP contribution in [-0.2, 0) is 31.2 Å². The van der Waals surface area contributed by atoms with Crippen LogP contribution in [0, 0.1) is 5.82 Å². The average Bonchev–Trinajstić information content (AvgIpc) is 2.74. The quantitative estimate of drug-likeness (QED) is 0.602. The normalized spacial score (nSPS) is 15.5. The van der Waals surface area contributed by atoms with E-state index in [4.69, 9.17) is 9.88 Å². The lowest BCUT2D eigenvalue weighted by molar-refractivity contribution is 0.0729. The first-order chi connectivity index (χ1) is 14.6. The number of rotatable bonds is 7. The van der Waals surface area contributed by atoms with Crippen molar-refractivity contribution in [1.29, 1.82) is 0 Å². The molecule has 1 fully saturated rings. The summed E-state index contributed by atoms with van der Waals surface area (Å²) in [6, 6.07) is 9.09. The summed E-state index contributed by atoms with van der Waals surface area (Å²) in [4.78, 5) is 11.9. The third kappa shape index (κ3) is 5.66. The Morgan fingerprint density at radius 2 is 1.71 bits per heavy atom. The zero-order chi connectivity index (χ0) is 22.6. The molecule has 0 bridgehead atoms. The molecular formula is C19H22FN3O6S2. The Hall–Kier alpha value is -2.38. The SMILES string of the molecule is NS(=O)(=O)c1ccc(CCNC(=O)c2ccc(F)c(S(=O)(=O)N3CCOCC3)c2)cc1. The van der Waals surface area contributed by atoms with Crippen LogP contribution in [0.15, 0.2) is 52.3 Å². The average molecular weight is 472 g/mol. The largest absolute Gasteiger partial charge is 0.379 e. The van der Waals surface area contributed by atoms with Crippen molar-refractivity contribution in [2.45, 2.75) is 16.2 Å². The van der Waals surface area contributed by atoms with E-state index in [0.717, 1.165) is 22.0 Å². The number of benzene rings is 2. The molecular weight excluding hydrogens is 449 g/mol. The second-order valence-electron chi connectivity index (χ2n) is 6.86. The molecule has 12 heteroatoms. The predicted octanol–water partition coefficient (Wildman–Crippen LogP) is 0.466. The molecule has 2 aromatic carbocycles. The van der Waals surface area contributed by atoms with Gasteiger partial charge in [0, 0.05) is 25.2 Å². The summed E-state index contributed by atoms with van der Waals surface area (Å²) in [5.74, 6) is -1.49. The second-order valence-corrected chi connectivity index (χ2v) is 10.3. The van der Waals surface area contributed by atoms with Gasteiger partial charge in [-0.1, -0.05) is 12.1 Å². The van der Waals surface area contributed by atoms with Crippen molar-refractivity contribution in [2.75, 3.05) is 32.8 Å². The van der Waals surface area contributed by atoms with Crippen molar-refractivity contribution < 1.29 is 30.8 Å². The zero-order valence-electron chi connectivity index (χ0n) is 16.5. The van der Waals surface area contributed by atoms with Crippen molar-refractivity contribution in [3.05, 3.63) is 59.4 Å². The number of carbonyl (C=O) groups excluding carboxylic acids is 1. The van der Waals surface area contributed by atoms with Gasteiger partial charge in [0.25, 0.3) is 5.91 Å². The number of morpholine rings is 1. The number of hydrogen-bond donors (Lipinski definition) is 2. The van der Waals surface area contributed by atoms with Crippen molar-refractivity contribution in [3.8, 4) is 0 Å². The fourth-order valence-corrected chi connectivity index (χ4v) is 5.05. The number of halogens is 1. The summed E-state index contributed by atoms with van der Waals surface area (Å²) in [5, 5.41) is 7.69. The molecule has 0 saturated carbocycles. The van der Waals surface area contributed by atoms with Gasteiger partial charge < -0.3 is 10.1 Å². The molecule has 0 atom stereocenters. The van der Waals surface area contributed by atoms with Crippen molar-refractivity contribution >= 4 is 26.0 Å². The van der Waals surface area contributed by atoms with Crippen LogP contribution in [0.3, 0.4) is 0 Å². The molecule has 1 heterocycles. The van der Waals surface area contributed by atoms with Gasteiger partial charge in [0.15, 0.2) is 0 Å². The van der Waals surface area contributed by atoms with Gasteiger partial charge in [0.1, 0.15) is 10.7 Å². The molecule has 0 radical (unpaired) electrons. The number of hydrogen-bond acceptors (Lipinski definition) is 6. The van der Waals surface area contributed by atoms with Crippen molar-refractivity contribution in [3.63, 3.8) is 0 Å². The van der Waals surface area contributed by atoms with Crippen LogP contribution < -0.4 is 10.5 Å². The van der Waals surface area contributed by atoms with E-state index < -0.39 is 36.7 Å². The van der Waals surface area contributed by atoms with Crippen molar-refractivity contribution in [2.24, 2.45) is 5.14 Å². The van der Waals surface area contributed by atoms with Crippen LogP contribution in [0.5, 0.6) is 0 Å². The minimum Gasteiger partial charge on any atom is -0.379 e. The van der Waals surface area contributed by atoms with E-state index in [9.17, 15) is 26.0 Å². The van der Waals surface area contributed by atoms with E-state index >= 15 is 0 Å². The molecule has 0 aromatic heterocycles. The Balaban J connectivity index is 1.66. The molecule has 3 N–H and O–H groups in total. The molecule has 1 aliphatic rings. The molecule has 1 aliphatic heterocycles. The highest BCUT2D eigenvalue weighted by Crippen LogP contribution is 2.22. The topological polar surface area (TPSA) is 136 Å². The van der Waals surface area contributed by atoms with Crippen LogP contribution in [-0.4, -0.2) is 59.9 Å². The summed E-state index contributed by atoms with van der Waals surface area (Å²) < 4.78 is 68.5. The van der Waals surface area contributed by atoms with Gasteiger partial charge >= 0.3 is 0 Å². The Labute approximate surface area is 180 Å². The maximum atomic E-state index is 14.3. The van der Waals surface area contributed by atoms with Gasteiger partial charge in [-0.05, 0) is 42.3 Å². The summed E-state index contributed by atoms with van der Waals surface area (Å²) >= 11 is 0. The molecule has 9 nitrogen and oxygen atoms in total. The Bertz CT molecular complexity index is 1160. The van der Waals surface area contributed by atoms with E-state index in [0.29, 0.717) is 6.42 Å². The monoisotopic (exact) mass is 471 g/mol. The standard InChI is InChI=1S/C19H22FN3O6S2/c20-17-6-3-15(13-18(17)31(27,28)23-9-11-29-12-10-23)19(24)22-8-7-14-1-4-16(5-2-14)30(21,25)26/h1-6,13H,7-12H2,(H,22,24)(H2,21,25,26). The van der Waals surface area contributed by atoms with E-state index in [1.807, 2.05) is 0 Å². The molecule has 31 heavy (non-hydrogen) atoms. The van der Waals surface area contributed by atoms with Gasteiger partial charge in [-0.15, -0.1) is 0 Å². The van der Waals surface area contributed by atoms with E-state index in [-0.39, 0.29) is 43.3 Å². The van der Waals surface area contributed by atoms with E-state index in [1.165, 1.54) is 18.2 Å². The van der Waals surface area contributed by atoms with Crippen molar-refractivity contribution in [1.82, 2.24) is 9.62 Å².